The number of rotatable bonds is 4. The smallest absolute Gasteiger partial charge is 0.238 e. The van der Waals surface area contributed by atoms with Gasteiger partial charge in [-0.3, -0.25) is 14.5 Å². The van der Waals surface area contributed by atoms with Gasteiger partial charge in [0.05, 0.1) is 11.6 Å². The summed E-state index contributed by atoms with van der Waals surface area (Å²) in [4.78, 5) is 27.8. The van der Waals surface area contributed by atoms with Crippen molar-refractivity contribution in [1.82, 2.24) is 9.80 Å². The van der Waals surface area contributed by atoms with Crippen LogP contribution in [0.15, 0.2) is 18.2 Å². The van der Waals surface area contributed by atoms with Crippen molar-refractivity contribution in [2.45, 2.75) is 13.8 Å². The highest BCUT2D eigenvalue weighted by atomic mass is 35.5. The van der Waals surface area contributed by atoms with Crippen LogP contribution >= 0.6 is 11.6 Å². The monoisotopic (exact) mass is 341 g/mol. The van der Waals surface area contributed by atoms with Gasteiger partial charge in [-0.2, -0.15) is 0 Å². The molecule has 5 nitrogen and oxygen atoms in total. The molecule has 0 unspecified atom stereocenters. The van der Waals surface area contributed by atoms with Gasteiger partial charge in [-0.05, 0) is 18.2 Å². The molecule has 2 rings (SSSR count). The molecule has 1 aliphatic heterocycles. The second kappa shape index (κ2) is 7.75. The summed E-state index contributed by atoms with van der Waals surface area (Å²) in [6.45, 7) is 6.59. The number of amides is 2. The van der Waals surface area contributed by atoms with Gasteiger partial charge in [-0.15, -0.1) is 0 Å². The lowest BCUT2D eigenvalue weighted by molar-refractivity contribution is -0.136. The van der Waals surface area contributed by atoms with Crippen LogP contribution in [0.2, 0.25) is 5.02 Å². The zero-order valence-corrected chi connectivity index (χ0v) is 14.1. The van der Waals surface area contributed by atoms with Gasteiger partial charge in [-0.25, -0.2) is 4.39 Å². The van der Waals surface area contributed by atoms with E-state index in [-0.39, 0.29) is 29.3 Å². The van der Waals surface area contributed by atoms with Crippen LogP contribution in [0, 0.1) is 11.7 Å². The second-order valence-electron chi connectivity index (χ2n) is 5.93. The fraction of sp³-hybridized carbons (Fsp3) is 0.500. The maximum atomic E-state index is 13.1. The zero-order valence-electron chi connectivity index (χ0n) is 13.3. The fourth-order valence-electron chi connectivity index (χ4n) is 2.47. The molecule has 0 aromatic heterocycles. The maximum Gasteiger partial charge on any atom is 0.238 e. The van der Waals surface area contributed by atoms with E-state index in [2.05, 4.69) is 5.32 Å². The van der Waals surface area contributed by atoms with E-state index in [1.165, 1.54) is 18.2 Å². The molecule has 1 aromatic carbocycles. The van der Waals surface area contributed by atoms with Gasteiger partial charge in [0, 0.05) is 37.8 Å². The Bertz CT molecular complexity index is 587. The van der Waals surface area contributed by atoms with E-state index in [9.17, 15) is 14.0 Å². The van der Waals surface area contributed by atoms with Crippen LogP contribution in [0.4, 0.5) is 10.1 Å². The average Bonchev–Trinajstić information content (AvgIpc) is 2.51. The SMILES string of the molecule is CC(C)C(=O)N1CCN(CC(=O)Nc2ccc(F)c(Cl)c2)CC1. The van der Waals surface area contributed by atoms with E-state index in [1.807, 2.05) is 23.6 Å². The van der Waals surface area contributed by atoms with E-state index in [0.29, 0.717) is 31.9 Å². The van der Waals surface area contributed by atoms with Gasteiger partial charge in [-0.1, -0.05) is 25.4 Å². The molecule has 0 spiro atoms. The van der Waals surface area contributed by atoms with Crippen LogP contribution in [-0.4, -0.2) is 54.3 Å². The third-order valence-corrected chi connectivity index (χ3v) is 4.04. The summed E-state index contributed by atoms with van der Waals surface area (Å²) in [7, 11) is 0. The van der Waals surface area contributed by atoms with Crippen LogP contribution in [0.25, 0.3) is 0 Å². The Hall–Kier alpha value is -1.66. The van der Waals surface area contributed by atoms with Crippen LogP contribution in [-0.2, 0) is 9.59 Å². The molecule has 1 aromatic rings. The lowest BCUT2D eigenvalue weighted by Gasteiger charge is -2.35. The number of hydrogen-bond donors (Lipinski definition) is 1. The summed E-state index contributed by atoms with van der Waals surface area (Å²) >= 11 is 5.69. The molecule has 2 amide bonds. The quantitative estimate of drug-likeness (QED) is 0.913. The molecule has 1 saturated heterocycles. The highest BCUT2D eigenvalue weighted by Gasteiger charge is 2.23. The Labute approximate surface area is 140 Å². The Morgan fingerprint density at radius 3 is 2.48 bits per heavy atom. The first-order valence-corrected chi connectivity index (χ1v) is 8.00. The predicted octanol–water partition coefficient (Wildman–Crippen LogP) is 2.22. The highest BCUT2D eigenvalue weighted by Crippen LogP contribution is 2.19. The van der Waals surface area contributed by atoms with Crippen LogP contribution < -0.4 is 5.32 Å². The molecule has 1 heterocycles. The fourth-order valence-corrected chi connectivity index (χ4v) is 2.65. The van der Waals surface area contributed by atoms with Gasteiger partial charge in [0.25, 0.3) is 0 Å². The standard InChI is InChI=1S/C16H21ClFN3O2/c1-11(2)16(23)21-7-5-20(6-8-21)10-15(22)19-12-3-4-14(18)13(17)9-12/h3-4,9,11H,5-8,10H2,1-2H3,(H,19,22). The molecule has 0 bridgehead atoms. The van der Waals surface area contributed by atoms with Gasteiger partial charge < -0.3 is 10.2 Å². The van der Waals surface area contributed by atoms with Crippen LogP contribution in [0.5, 0.6) is 0 Å². The molecule has 1 N–H and O–H groups in total. The molecule has 0 atom stereocenters. The summed E-state index contributed by atoms with van der Waals surface area (Å²) in [6.07, 6.45) is 0. The summed E-state index contributed by atoms with van der Waals surface area (Å²) in [5.74, 6) is -0.560. The van der Waals surface area contributed by atoms with Crippen molar-refractivity contribution in [3.8, 4) is 0 Å². The van der Waals surface area contributed by atoms with Crippen molar-refractivity contribution in [3.63, 3.8) is 0 Å². The Morgan fingerprint density at radius 1 is 1.26 bits per heavy atom. The summed E-state index contributed by atoms with van der Waals surface area (Å²) in [5, 5.41) is 2.67. The lowest BCUT2D eigenvalue weighted by Crippen LogP contribution is -2.51. The molecule has 1 aliphatic rings. The number of anilines is 1. The number of carbonyl (C=O) groups excluding carboxylic acids is 2. The third kappa shape index (κ3) is 4.91. The van der Waals surface area contributed by atoms with E-state index >= 15 is 0 Å². The van der Waals surface area contributed by atoms with Gasteiger partial charge in [0.2, 0.25) is 11.8 Å². The summed E-state index contributed by atoms with van der Waals surface area (Å²) < 4.78 is 13.1. The maximum absolute atomic E-state index is 13.1. The van der Waals surface area contributed by atoms with Crippen LogP contribution in [0.1, 0.15) is 13.8 Å². The predicted molar refractivity (Wildman–Crippen MR) is 87.9 cm³/mol. The molecule has 126 valence electrons. The molecule has 0 aliphatic carbocycles. The summed E-state index contributed by atoms with van der Waals surface area (Å²) in [6, 6.07) is 4.07. The molecule has 0 radical (unpaired) electrons. The summed E-state index contributed by atoms with van der Waals surface area (Å²) in [5.41, 5.74) is 0.468. The zero-order chi connectivity index (χ0) is 17.0. The topological polar surface area (TPSA) is 52.7 Å². The molecule has 0 saturated carbocycles. The largest absolute Gasteiger partial charge is 0.340 e. The first-order chi connectivity index (χ1) is 10.9. The normalized spacial score (nSPS) is 15.8. The lowest BCUT2D eigenvalue weighted by atomic mass is 10.1. The van der Waals surface area contributed by atoms with E-state index in [4.69, 9.17) is 11.6 Å². The van der Waals surface area contributed by atoms with Crippen molar-refractivity contribution in [1.29, 1.82) is 0 Å². The number of nitrogens with zero attached hydrogens (tertiary/aromatic N) is 2. The van der Waals surface area contributed by atoms with Crippen molar-refractivity contribution < 1.29 is 14.0 Å². The van der Waals surface area contributed by atoms with Gasteiger partial charge in [0.1, 0.15) is 5.82 Å². The minimum atomic E-state index is -0.518. The Balaban J connectivity index is 1.80. The number of halogens is 2. The van der Waals surface area contributed by atoms with E-state index < -0.39 is 5.82 Å². The molecular weight excluding hydrogens is 321 g/mol. The first-order valence-electron chi connectivity index (χ1n) is 7.63. The van der Waals surface area contributed by atoms with Crippen LogP contribution in [0.3, 0.4) is 0 Å². The van der Waals surface area contributed by atoms with E-state index in [1.54, 1.807) is 0 Å². The van der Waals surface area contributed by atoms with E-state index in [0.717, 1.165) is 0 Å². The average molecular weight is 342 g/mol. The second-order valence-corrected chi connectivity index (χ2v) is 6.34. The van der Waals surface area contributed by atoms with Crippen molar-refractivity contribution in [3.05, 3.63) is 29.0 Å². The Morgan fingerprint density at radius 2 is 1.91 bits per heavy atom. The highest BCUT2D eigenvalue weighted by molar-refractivity contribution is 6.31. The van der Waals surface area contributed by atoms with Gasteiger partial charge in [0.15, 0.2) is 0 Å². The number of nitrogens with one attached hydrogen (secondary N) is 1. The number of benzene rings is 1. The van der Waals surface area contributed by atoms with Crippen molar-refractivity contribution >= 4 is 29.1 Å². The number of carbonyl (C=O) groups is 2. The molecule has 1 fully saturated rings. The first kappa shape index (κ1) is 17.7. The number of hydrogen-bond acceptors (Lipinski definition) is 3. The third-order valence-electron chi connectivity index (χ3n) is 3.75. The number of piperazine rings is 1. The van der Waals surface area contributed by atoms with Crippen molar-refractivity contribution in [2.24, 2.45) is 5.92 Å². The minimum Gasteiger partial charge on any atom is -0.340 e. The minimum absolute atomic E-state index is 0.00641. The van der Waals surface area contributed by atoms with Crippen molar-refractivity contribution in [2.75, 3.05) is 38.0 Å². The molecule has 7 heteroatoms. The molecule has 23 heavy (non-hydrogen) atoms. The molecular formula is C16H21ClFN3O2. The Kier molecular flexibility index (Phi) is 5.96. The van der Waals surface area contributed by atoms with Gasteiger partial charge >= 0.3 is 0 Å².